The molecule has 1 aliphatic rings. The zero-order valence-corrected chi connectivity index (χ0v) is 18.2. The Bertz CT molecular complexity index is 777. The fraction of sp³-hybridized carbons (Fsp3) is 0.480. The summed E-state index contributed by atoms with van der Waals surface area (Å²) in [6.07, 6.45) is 2.65. The Morgan fingerprint density at radius 2 is 1.72 bits per heavy atom. The highest BCUT2D eigenvalue weighted by molar-refractivity contribution is 5.81. The molecule has 0 bridgehead atoms. The number of carbonyl (C=O) groups excluding carboxylic acids is 1. The molecule has 0 aromatic heterocycles. The normalized spacial score (nSPS) is 16.9. The third-order valence-corrected chi connectivity index (χ3v) is 5.86. The first-order valence-electron chi connectivity index (χ1n) is 10.8. The summed E-state index contributed by atoms with van der Waals surface area (Å²) in [6.45, 7) is 10.6. The summed E-state index contributed by atoms with van der Waals surface area (Å²) in [4.78, 5) is 15.2. The third-order valence-electron chi connectivity index (χ3n) is 5.86. The number of amides is 1. The predicted molar refractivity (Wildman–Crippen MR) is 119 cm³/mol. The fourth-order valence-electron chi connectivity index (χ4n) is 3.73. The van der Waals surface area contributed by atoms with Crippen molar-refractivity contribution in [2.75, 3.05) is 18.0 Å². The molecule has 4 heteroatoms. The molecular weight excluding hydrogens is 360 g/mol. The summed E-state index contributed by atoms with van der Waals surface area (Å²) >= 11 is 0. The van der Waals surface area contributed by atoms with Gasteiger partial charge in [0.2, 0.25) is 0 Å². The number of rotatable bonds is 7. The lowest BCUT2D eigenvalue weighted by molar-refractivity contribution is -0.128. The Morgan fingerprint density at radius 1 is 1.10 bits per heavy atom. The summed E-state index contributed by atoms with van der Waals surface area (Å²) in [5.41, 5.74) is 3.55. The Labute approximate surface area is 175 Å². The molecule has 156 valence electrons. The minimum atomic E-state index is -0.491. The van der Waals surface area contributed by atoms with Gasteiger partial charge in [-0.2, -0.15) is 0 Å². The zero-order chi connectivity index (χ0) is 20.8. The Hall–Kier alpha value is -2.49. The molecule has 1 fully saturated rings. The second-order valence-corrected chi connectivity index (χ2v) is 8.32. The maximum absolute atomic E-state index is 12.7. The van der Waals surface area contributed by atoms with Crippen LogP contribution in [0.5, 0.6) is 5.75 Å². The number of piperidine rings is 1. The topological polar surface area (TPSA) is 41.6 Å². The molecule has 29 heavy (non-hydrogen) atoms. The average molecular weight is 395 g/mol. The quantitative estimate of drug-likeness (QED) is 0.696. The van der Waals surface area contributed by atoms with E-state index in [9.17, 15) is 4.79 Å². The van der Waals surface area contributed by atoms with Gasteiger partial charge >= 0.3 is 0 Å². The molecule has 4 nitrogen and oxygen atoms in total. The first kappa shape index (κ1) is 21.2. The number of ether oxygens (including phenoxy) is 1. The highest BCUT2D eigenvalue weighted by atomic mass is 16.5. The highest BCUT2D eigenvalue weighted by Gasteiger charge is 2.21. The van der Waals surface area contributed by atoms with Crippen LogP contribution in [0.25, 0.3) is 0 Å². The maximum atomic E-state index is 12.7. The first-order chi connectivity index (χ1) is 14.0. The van der Waals surface area contributed by atoms with Crippen molar-refractivity contribution < 1.29 is 9.53 Å². The fourth-order valence-corrected chi connectivity index (χ4v) is 3.73. The van der Waals surface area contributed by atoms with Crippen molar-refractivity contribution in [3.8, 4) is 5.75 Å². The number of hydrogen-bond donors (Lipinski definition) is 1. The van der Waals surface area contributed by atoms with Crippen LogP contribution < -0.4 is 15.0 Å². The van der Waals surface area contributed by atoms with E-state index < -0.39 is 6.10 Å². The predicted octanol–water partition coefficient (Wildman–Crippen LogP) is 5.27. The summed E-state index contributed by atoms with van der Waals surface area (Å²) < 4.78 is 5.91. The molecule has 1 amide bonds. The molecular formula is C25H34N2O2. The zero-order valence-electron chi connectivity index (χ0n) is 18.2. The molecule has 3 rings (SSSR count). The van der Waals surface area contributed by atoms with Gasteiger partial charge < -0.3 is 15.0 Å². The van der Waals surface area contributed by atoms with E-state index in [0.29, 0.717) is 6.42 Å². The van der Waals surface area contributed by atoms with E-state index in [4.69, 9.17) is 4.74 Å². The van der Waals surface area contributed by atoms with Crippen LogP contribution in [-0.2, 0) is 4.79 Å². The van der Waals surface area contributed by atoms with Gasteiger partial charge in [0.25, 0.3) is 5.91 Å². The number of benzene rings is 2. The number of nitrogens with one attached hydrogen (secondary N) is 1. The molecule has 1 N–H and O–H groups in total. The van der Waals surface area contributed by atoms with Crippen molar-refractivity contribution in [1.82, 2.24) is 5.32 Å². The average Bonchev–Trinajstić information content (AvgIpc) is 2.74. The van der Waals surface area contributed by atoms with E-state index in [1.807, 2.05) is 45.0 Å². The van der Waals surface area contributed by atoms with Crippen LogP contribution in [0, 0.1) is 12.8 Å². The summed E-state index contributed by atoms with van der Waals surface area (Å²) in [5, 5.41) is 3.11. The van der Waals surface area contributed by atoms with Crippen molar-refractivity contribution in [1.29, 1.82) is 0 Å². The van der Waals surface area contributed by atoms with Crippen LogP contribution in [-0.4, -0.2) is 25.1 Å². The third kappa shape index (κ3) is 5.75. The molecule has 0 aliphatic carbocycles. The minimum absolute atomic E-state index is 0.0615. The van der Waals surface area contributed by atoms with E-state index in [-0.39, 0.29) is 11.9 Å². The molecule has 2 atom stereocenters. The summed E-state index contributed by atoms with van der Waals surface area (Å²) in [7, 11) is 0. The number of nitrogens with zero attached hydrogens (tertiary/aromatic N) is 1. The van der Waals surface area contributed by atoms with Gasteiger partial charge in [-0.05, 0) is 68.9 Å². The minimum Gasteiger partial charge on any atom is -0.481 e. The Balaban J connectivity index is 1.57. The molecule has 2 aromatic carbocycles. The molecule has 2 unspecified atom stereocenters. The molecule has 1 heterocycles. The lowest BCUT2D eigenvalue weighted by atomic mass is 9.98. The van der Waals surface area contributed by atoms with E-state index in [0.717, 1.165) is 30.3 Å². The van der Waals surface area contributed by atoms with Crippen LogP contribution in [0.15, 0.2) is 48.5 Å². The first-order valence-corrected chi connectivity index (χ1v) is 10.8. The number of aryl methyl sites for hydroxylation is 1. The smallest absolute Gasteiger partial charge is 0.261 e. The van der Waals surface area contributed by atoms with Gasteiger partial charge in [-0.25, -0.2) is 0 Å². The van der Waals surface area contributed by atoms with Crippen LogP contribution in [0.3, 0.4) is 0 Å². The SMILES string of the molecule is CCC(Oc1ccc(C)cc1)C(=O)NC(C)c1ccc(N2CCC(C)CC2)cc1. The molecule has 0 saturated carbocycles. The van der Waals surface area contributed by atoms with Crippen LogP contribution in [0.4, 0.5) is 5.69 Å². The standard InChI is InChI=1S/C25H34N2O2/c1-5-24(29-23-12-6-18(2)7-13-23)25(28)26-20(4)21-8-10-22(11-9-21)27-16-14-19(3)15-17-27/h6-13,19-20,24H,5,14-17H2,1-4H3,(H,26,28). The highest BCUT2D eigenvalue weighted by Crippen LogP contribution is 2.25. The number of anilines is 1. The van der Waals surface area contributed by atoms with Crippen LogP contribution in [0.1, 0.15) is 57.2 Å². The summed E-state index contributed by atoms with van der Waals surface area (Å²) in [6, 6.07) is 16.3. The van der Waals surface area contributed by atoms with Crippen LogP contribution >= 0.6 is 0 Å². The number of hydrogen-bond acceptors (Lipinski definition) is 3. The van der Waals surface area contributed by atoms with Crippen LogP contribution in [0.2, 0.25) is 0 Å². The van der Waals surface area contributed by atoms with Gasteiger partial charge in [0.1, 0.15) is 5.75 Å². The molecule has 2 aromatic rings. The van der Waals surface area contributed by atoms with Gasteiger partial charge in [-0.15, -0.1) is 0 Å². The molecule has 1 aliphatic heterocycles. The van der Waals surface area contributed by atoms with Crippen molar-refractivity contribution in [2.45, 2.75) is 59.1 Å². The van der Waals surface area contributed by atoms with E-state index >= 15 is 0 Å². The van der Waals surface area contributed by atoms with Gasteiger partial charge in [-0.3, -0.25) is 4.79 Å². The van der Waals surface area contributed by atoms with Gasteiger partial charge in [0.15, 0.2) is 6.10 Å². The summed E-state index contributed by atoms with van der Waals surface area (Å²) in [5.74, 6) is 1.48. The van der Waals surface area contributed by atoms with Gasteiger partial charge in [0, 0.05) is 18.8 Å². The monoisotopic (exact) mass is 394 g/mol. The maximum Gasteiger partial charge on any atom is 0.261 e. The Morgan fingerprint density at radius 3 is 2.31 bits per heavy atom. The largest absolute Gasteiger partial charge is 0.481 e. The molecule has 0 radical (unpaired) electrons. The van der Waals surface area contributed by atoms with Gasteiger partial charge in [-0.1, -0.05) is 43.7 Å². The second-order valence-electron chi connectivity index (χ2n) is 8.32. The van der Waals surface area contributed by atoms with Crippen molar-refractivity contribution >= 4 is 11.6 Å². The molecule has 0 spiro atoms. The van der Waals surface area contributed by atoms with E-state index in [2.05, 4.69) is 41.4 Å². The second kappa shape index (κ2) is 9.82. The van der Waals surface area contributed by atoms with Crippen molar-refractivity contribution in [2.24, 2.45) is 5.92 Å². The number of carbonyl (C=O) groups is 1. The van der Waals surface area contributed by atoms with Crippen molar-refractivity contribution in [3.05, 3.63) is 59.7 Å². The van der Waals surface area contributed by atoms with E-state index in [1.54, 1.807) is 0 Å². The molecule has 1 saturated heterocycles. The Kier molecular flexibility index (Phi) is 7.18. The van der Waals surface area contributed by atoms with Gasteiger partial charge in [0.05, 0.1) is 6.04 Å². The lowest BCUT2D eigenvalue weighted by Crippen LogP contribution is -2.39. The lowest BCUT2D eigenvalue weighted by Gasteiger charge is -2.32. The van der Waals surface area contributed by atoms with E-state index in [1.165, 1.54) is 24.1 Å². The van der Waals surface area contributed by atoms with Crippen molar-refractivity contribution in [3.63, 3.8) is 0 Å².